The summed E-state index contributed by atoms with van der Waals surface area (Å²) < 4.78 is 6.94. The van der Waals surface area contributed by atoms with Crippen molar-refractivity contribution in [1.82, 2.24) is 14.5 Å². The molecule has 8 nitrogen and oxygen atoms in total. The smallest absolute Gasteiger partial charge is 0.272 e. The molecule has 2 N–H and O–H groups in total. The molecular weight excluding hydrogens is 478 g/mol. The SMILES string of the molecule is COC[C@@H]1CCCN1C(=O)c1cc(Nc2ccc3c(c2)c(N[C@H](C)C2CC2)cc(=O)n3C)c(Cl)cn1. The van der Waals surface area contributed by atoms with Crippen LogP contribution in [0.25, 0.3) is 10.9 Å². The van der Waals surface area contributed by atoms with Gasteiger partial charge in [-0.05, 0) is 62.8 Å². The minimum atomic E-state index is -0.122. The van der Waals surface area contributed by atoms with E-state index in [0.717, 1.165) is 35.1 Å². The number of nitrogens with zero attached hydrogens (tertiary/aromatic N) is 3. The van der Waals surface area contributed by atoms with Crippen LogP contribution in [0.5, 0.6) is 0 Å². The average molecular weight is 510 g/mol. The maximum atomic E-state index is 13.2. The number of likely N-dealkylation sites (tertiary alicyclic amines) is 1. The number of nitrogens with one attached hydrogen (secondary N) is 2. The molecule has 2 atom stereocenters. The predicted molar refractivity (Wildman–Crippen MR) is 143 cm³/mol. The van der Waals surface area contributed by atoms with E-state index in [0.29, 0.717) is 41.5 Å². The highest BCUT2D eigenvalue weighted by molar-refractivity contribution is 6.33. The summed E-state index contributed by atoms with van der Waals surface area (Å²) in [6, 6.07) is 9.56. The minimum Gasteiger partial charge on any atom is -0.383 e. The fourth-order valence-corrected chi connectivity index (χ4v) is 5.19. The summed E-state index contributed by atoms with van der Waals surface area (Å²) in [5.74, 6) is 0.527. The number of anilines is 3. The largest absolute Gasteiger partial charge is 0.383 e. The summed E-state index contributed by atoms with van der Waals surface area (Å²) in [7, 11) is 3.43. The monoisotopic (exact) mass is 509 g/mol. The minimum absolute atomic E-state index is 0.0530. The molecule has 9 heteroatoms. The van der Waals surface area contributed by atoms with Crippen molar-refractivity contribution >= 4 is 45.5 Å². The molecule has 190 valence electrons. The van der Waals surface area contributed by atoms with Crippen LogP contribution in [0.3, 0.4) is 0 Å². The van der Waals surface area contributed by atoms with E-state index in [2.05, 4.69) is 22.5 Å². The number of benzene rings is 1. The van der Waals surface area contributed by atoms with Gasteiger partial charge in [0.15, 0.2) is 0 Å². The Morgan fingerprint density at radius 2 is 2.03 bits per heavy atom. The van der Waals surface area contributed by atoms with E-state index in [1.807, 2.05) is 23.1 Å². The number of hydrogen-bond donors (Lipinski definition) is 2. The van der Waals surface area contributed by atoms with Crippen LogP contribution >= 0.6 is 11.6 Å². The Morgan fingerprint density at radius 3 is 2.78 bits per heavy atom. The van der Waals surface area contributed by atoms with Gasteiger partial charge in [-0.1, -0.05) is 11.6 Å². The number of aromatic nitrogens is 2. The maximum absolute atomic E-state index is 13.2. The van der Waals surface area contributed by atoms with Crippen LogP contribution in [0.15, 0.2) is 41.3 Å². The van der Waals surface area contributed by atoms with Crippen molar-refractivity contribution in [3.05, 3.63) is 57.6 Å². The Hall–Kier alpha value is -3.10. The van der Waals surface area contributed by atoms with Gasteiger partial charge in [0, 0.05) is 55.8 Å². The van der Waals surface area contributed by atoms with E-state index < -0.39 is 0 Å². The molecule has 1 amide bonds. The number of fused-ring (bicyclic) bond motifs is 1. The molecule has 1 saturated carbocycles. The van der Waals surface area contributed by atoms with Crippen LogP contribution in [0, 0.1) is 5.92 Å². The van der Waals surface area contributed by atoms with Crippen molar-refractivity contribution in [1.29, 1.82) is 0 Å². The van der Waals surface area contributed by atoms with Crippen LogP contribution in [0.4, 0.5) is 17.1 Å². The van der Waals surface area contributed by atoms with Gasteiger partial charge in [-0.3, -0.25) is 9.59 Å². The highest BCUT2D eigenvalue weighted by atomic mass is 35.5. The third kappa shape index (κ3) is 4.92. The molecular formula is C27H32ClN5O3. The highest BCUT2D eigenvalue weighted by Gasteiger charge is 2.30. The van der Waals surface area contributed by atoms with Gasteiger partial charge >= 0.3 is 0 Å². The number of aryl methyl sites for hydroxylation is 1. The van der Waals surface area contributed by atoms with Crippen molar-refractivity contribution in [3.63, 3.8) is 0 Å². The predicted octanol–water partition coefficient (Wildman–Crippen LogP) is 4.79. The fourth-order valence-electron chi connectivity index (χ4n) is 5.04. The zero-order valence-corrected chi connectivity index (χ0v) is 21.6. The van der Waals surface area contributed by atoms with E-state index in [4.69, 9.17) is 16.3 Å². The fraction of sp³-hybridized carbons (Fsp3) is 0.444. The third-order valence-electron chi connectivity index (χ3n) is 7.31. The molecule has 1 aliphatic heterocycles. The zero-order chi connectivity index (χ0) is 25.4. The maximum Gasteiger partial charge on any atom is 0.272 e. The van der Waals surface area contributed by atoms with Crippen molar-refractivity contribution in [2.24, 2.45) is 13.0 Å². The van der Waals surface area contributed by atoms with Gasteiger partial charge in [-0.2, -0.15) is 0 Å². The number of carbonyl (C=O) groups excluding carboxylic acids is 1. The lowest BCUT2D eigenvalue weighted by Crippen LogP contribution is -2.38. The number of halogens is 1. The molecule has 5 rings (SSSR count). The average Bonchev–Trinajstić information content (AvgIpc) is 3.62. The van der Waals surface area contributed by atoms with Crippen LogP contribution in [0.2, 0.25) is 5.02 Å². The molecule has 2 aliphatic rings. The van der Waals surface area contributed by atoms with Crippen LogP contribution < -0.4 is 16.2 Å². The number of pyridine rings is 2. The van der Waals surface area contributed by atoms with E-state index in [-0.39, 0.29) is 17.5 Å². The van der Waals surface area contributed by atoms with Crippen molar-refractivity contribution in [3.8, 4) is 0 Å². The Labute approximate surface area is 215 Å². The van der Waals surface area contributed by atoms with Crippen molar-refractivity contribution in [2.75, 3.05) is 30.9 Å². The number of amides is 1. The summed E-state index contributed by atoms with van der Waals surface area (Å²) in [4.78, 5) is 31.9. The van der Waals surface area contributed by atoms with Gasteiger partial charge in [-0.25, -0.2) is 4.98 Å². The van der Waals surface area contributed by atoms with E-state index in [9.17, 15) is 9.59 Å². The lowest BCUT2D eigenvalue weighted by atomic mass is 10.1. The molecule has 0 radical (unpaired) electrons. The molecule has 3 aromatic rings. The second kappa shape index (κ2) is 10.1. The number of hydrogen-bond acceptors (Lipinski definition) is 6. The Bertz CT molecular complexity index is 1350. The van der Waals surface area contributed by atoms with Gasteiger partial charge in [0.05, 0.1) is 28.9 Å². The molecule has 0 spiro atoms. The van der Waals surface area contributed by atoms with Gasteiger partial charge in [0.25, 0.3) is 11.5 Å². The summed E-state index contributed by atoms with van der Waals surface area (Å²) >= 11 is 6.47. The highest BCUT2D eigenvalue weighted by Crippen LogP contribution is 2.36. The molecule has 1 aromatic carbocycles. The normalized spacial score (nSPS) is 18.4. The van der Waals surface area contributed by atoms with Gasteiger partial charge in [0.2, 0.25) is 0 Å². The number of carbonyl (C=O) groups is 1. The number of methoxy groups -OCH3 is 1. The zero-order valence-electron chi connectivity index (χ0n) is 20.9. The van der Waals surface area contributed by atoms with Crippen molar-refractivity contribution < 1.29 is 9.53 Å². The summed E-state index contributed by atoms with van der Waals surface area (Å²) in [5.41, 5.74) is 3.35. The Balaban J connectivity index is 1.44. The second-order valence-corrected chi connectivity index (χ2v) is 10.3. The first-order valence-electron chi connectivity index (χ1n) is 12.5. The molecule has 0 unspecified atom stereocenters. The summed E-state index contributed by atoms with van der Waals surface area (Å²) in [6.45, 7) is 3.37. The number of ether oxygens (including phenoxy) is 1. The third-order valence-corrected chi connectivity index (χ3v) is 7.61. The topological polar surface area (TPSA) is 88.5 Å². The second-order valence-electron chi connectivity index (χ2n) is 9.88. The standard InChI is InChI=1S/C27H32ClN5O3/c1-16(17-6-7-17)30-22-13-26(34)32(2)25-9-8-18(11-20(22)25)31-23-12-24(29-14-21(23)28)27(35)33-10-4-5-19(33)15-36-3/h8-9,11-14,16-17,19,30H,4-7,10,15H2,1-3H3,(H,29,31)/t16-,19+/m1/s1. The Kier molecular flexibility index (Phi) is 6.90. The lowest BCUT2D eigenvalue weighted by molar-refractivity contribution is 0.0625. The molecule has 3 heterocycles. The van der Waals surface area contributed by atoms with Gasteiger partial charge in [0.1, 0.15) is 5.69 Å². The molecule has 2 fully saturated rings. The van der Waals surface area contributed by atoms with E-state index in [1.165, 1.54) is 19.0 Å². The molecule has 1 aliphatic carbocycles. The van der Waals surface area contributed by atoms with E-state index >= 15 is 0 Å². The molecule has 2 aromatic heterocycles. The van der Waals surface area contributed by atoms with Crippen LogP contribution in [-0.4, -0.2) is 52.7 Å². The molecule has 0 bridgehead atoms. The first kappa shape index (κ1) is 24.6. The van der Waals surface area contributed by atoms with Gasteiger partial charge in [-0.15, -0.1) is 0 Å². The first-order valence-corrected chi connectivity index (χ1v) is 12.9. The summed E-state index contributed by atoms with van der Waals surface area (Å²) in [6.07, 6.45) is 5.82. The van der Waals surface area contributed by atoms with Crippen LogP contribution in [0.1, 0.15) is 43.1 Å². The van der Waals surface area contributed by atoms with Crippen molar-refractivity contribution in [2.45, 2.75) is 44.7 Å². The number of rotatable bonds is 8. The lowest BCUT2D eigenvalue weighted by Gasteiger charge is -2.24. The van der Waals surface area contributed by atoms with Crippen LogP contribution in [-0.2, 0) is 11.8 Å². The van der Waals surface area contributed by atoms with Gasteiger partial charge < -0.3 is 24.8 Å². The molecule has 1 saturated heterocycles. The Morgan fingerprint density at radius 1 is 1.22 bits per heavy atom. The quantitative estimate of drug-likeness (QED) is 0.454. The first-order chi connectivity index (χ1) is 17.4. The molecule has 36 heavy (non-hydrogen) atoms. The summed E-state index contributed by atoms with van der Waals surface area (Å²) in [5, 5.41) is 8.26. The van der Waals surface area contributed by atoms with E-state index in [1.54, 1.807) is 30.9 Å².